The minimum absolute atomic E-state index is 0.0417. The van der Waals surface area contributed by atoms with Crippen molar-refractivity contribution in [3.8, 4) is 5.75 Å². The maximum atomic E-state index is 6.08. The van der Waals surface area contributed by atoms with Crippen LogP contribution in [0, 0.1) is 5.41 Å². The Labute approximate surface area is 132 Å². The van der Waals surface area contributed by atoms with E-state index in [2.05, 4.69) is 20.8 Å². The molecular weight excluding hydrogens is 288 g/mol. The molecule has 118 valence electrons. The average molecular weight is 313 g/mol. The fourth-order valence-corrected chi connectivity index (χ4v) is 2.56. The summed E-state index contributed by atoms with van der Waals surface area (Å²) >= 11 is 5.96. The SMILES string of the molecule is CCCOc1ccc(C2(CCCl)OCC(C)(C)CO2)cc1. The first-order chi connectivity index (χ1) is 10.0. The maximum absolute atomic E-state index is 6.08. The van der Waals surface area contributed by atoms with Gasteiger partial charge < -0.3 is 14.2 Å². The Morgan fingerprint density at radius 2 is 1.76 bits per heavy atom. The van der Waals surface area contributed by atoms with E-state index in [0.717, 1.165) is 24.3 Å². The zero-order chi connectivity index (χ0) is 15.3. The van der Waals surface area contributed by atoms with Crippen LogP contribution in [0.25, 0.3) is 0 Å². The Balaban J connectivity index is 2.15. The molecule has 0 saturated carbocycles. The average Bonchev–Trinajstić information content (AvgIpc) is 2.48. The van der Waals surface area contributed by atoms with E-state index in [0.29, 0.717) is 25.5 Å². The van der Waals surface area contributed by atoms with Crippen molar-refractivity contribution in [1.82, 2.24) is 0 Å². The second-order valence-electron chi connectivity index (χ2n) is 6.31. The van der Waals surface area contributed by atoms with Crippen LogP contribution in [-0.4, -0.2) is 25.7 Å². The third kappa shape index (κ3) is 4.12. The van der Waals surface area contributed by atoms with E-state index >= 15 is 0 Å². The molecule has 1 aromatic rings. The second-order valence-corrected chi connectivity index (χ2v) is 6.68. The van der Waals surface area contributed by atoms with E-state index in [-0.39, 0.29) is 5.41 Å². The lowest BCUT2D eigenvalue weighted by Crippen LogP contribution is -2.45. The summed E-state index contributed by atoms with van der Waals surface area (Å²) in [4.78, 5) is 0. The van der Waals surface area contributed by atoms with Gasteiger partial charge in [-0.2, -0.15) is 0 Å². The number of rotatable bonds is 6. The zero-order valence-corrected chi connectivity index (χ0v) is 13.9. The molecule has 3 nitrogen and oxygen atoms in total. The first-order valence-electron chi connectivity index (χ1n) is 7.58. The van der Waals surface area contributed by atoms with Gasteiger partial charge in [0.2, 0.25) is 0 Å². The molecule has 0 aromatic heterocycles. The van der Waals surface area contributed by atoms with E-state index in [1.165, 1.54) is 0 Å². The van der Waals surface area contributed by atoms with Gasteiger partial charge in [-0.25, -0.2) is 0 Å². The van der Waals surface area contributed by atoms with Crippen LogP contribution < -0.4 is 4.74 Å². The number of alkyl halides is 1. The fourth-order valence-electron chi connectivity index (χ4n) is 2.31. The fraction of sp³-hybridized carbons (Fsp3) is 0.647. The minimum atomic E-state index is -0.722. The molecule has 1 saturated heterocycles. The van der Waals surface area contributed by atoms with Crippen molar-refractivity contribution >= 4 is 11.6 Å². The third-order valence-electron chi connectivity index (χ3n) is 3.58. The molecule has 0 spiro atoms. The summed E-state index contributed by atoms with van der Waals surface area (Å²) in [5.74, 6) is 0.646. The van der Waals surface area contributed by atoms with Gasteiger partial charge >= 0.3 is 0 Å². The molecule has 0 amide bonds. The molecule has 1 fully saturated rings. The van der Waals surface area contributed by atoms with Crippen LogP contribution in [0.4, 0.5) is 0 Å². The first-order valence-corrected chi connectivity index (χ1v) is 8.12. The zero-order valence-electron chi connectivity index (χ0n) is 13.2. The van der Waals surface area contributed by atoms with E-state index in [1.54, 1.807) is 0 Å². The Bertz CT molecular complexity index is 432. The molecule has 1 aliphatic heterocycles. The number of hydrogen-bond acceptors (Lipinski definition) is 3. The molecule has 0 aliphatic carbocycles. The highest BCUT2D eigenvalue weighted by Crippen LogP contribution is 2.39. The van der Waals surface area contributed by atoms with Gasteiger partial charge in [0.15, 0.2) is 5.79 Å². The van der Waals surface area contributed by atoms with Crippen LogP contribution >= 0.6 is 11.6 Å². The lowest BCUT2D eigenvalue weighted by atomic mass is 9.92. The number of hydrogen-bond donors (Lipinski definition) is 0. The van der Waals surface area contributed by atoms with Crippen molar-refractivity contribution in [3.63, 3.8) is 0 Å². The molecule has 0 bridgehead atoms. The van der Waals surface area contributed by atoms with E-state index in [1.807, 2.05) is 24.3 Å². The summed E-state index contributed by atoms with van der Waals surface area (Å²) in [5, 5.41) is 0. The highest BCUT2D eigenvalue weighted by molar-refractivity contribution is 6.17. The Morgan fingerprint density at radius 1 is 1.14 bits per heavy atom. The smallest absolute Gasteiger partial charge is 0.195 e. The number of halogens is 1. The Hall–Kier alpha value is -0.770. The van der Waals surface area contributed by atoms with Gasteiger partial charge in [-0.3, -0.25) is 0 Å². The van der Waals surface area contributed by atoms with Crippen molar-refractivity contribution in [2.75, 3.05) is 25.7 Å². The summed E-state index contributed by atoms with van der Waals surface area (Å²) in [6.45, 7) is 8.43. The minimum Gasteiger partial charge on any atom is -0.494 e. The normalized spacial score (nSPS) is 20.2. The molecule has 2 rings (SSSR count). The van der Waals surface area contributed by atoms with E-state index in [9.17, 15) is 0 Å². The van der Waals surface area contributed by atoms with Gasteiger partial charge in [-0.1, -0.05) is 20.8 Å². The topological polar surface area (TPSA) is 27.7 Å². The summed E-state index contributed by atoms with van der Waals surface area (Å²) in [7, 11) is 0. The van der Waals surface area contributed by atoms with E-state index in [4.69, 9.17) is 25.8 Å². The van der Waals surface area contributed by atoms with Crippen LogP contribution in [0.1, 0.15) is 39.2 Å². The Morgan fingerprint density at radius 3 is 2.29 bits per heavy atom. The van der Waals surface area contributed by atoms with Gasteiger partial charge in [0.25, 0.3) is 0 Å². The molecule has 1 heterocycles. The van der Waals surface area contributed by atoms with E-state index < -0.39 is 5.79 Å². The molecule has 0 radical (unpaired) electrons. The number of ether oxygens (including phenoxy) is 3. The summed E-state index contributed by atoms with van der Waals surface area (Å²) in [5.41, 5.74) is 1.04. The molecule has 1 aliphatic rings. The van der Waals surface area contributed by atoms with Crippen molar-refractivity contribution in [2.24, 2.45) is 5.41 Å². The van der Waals surface area contributed by atoms with Gasteiger partial charge in [0.05, 0.1) is 19.8 Å². The largest absolute Gasteiger partial charge is 0.494 e. The van der Waals surface area contributed by atoms with Crippen LogP contribution in [0.15, 0.2) is 24.3 Å². The quantitative estimate of drug-likeness (QED) is 0.732. The maximum Gasteiger partial charge on any atom is 0.195 e. The lowest BCUT2D eigenvalue weighted by Gasteiger charge is -2.43. The monoisotopic (exact) mass is 312 g/mol. The van der Waals surface area contributed by atoms with Crippen LogP contribution in [0.2, 0.25) is 0 Å². The molecule has 0 N–H and O–H groups in total. The van der Waals surface area contributed by atoms with Crippen LogP contribution in [0.5, 0.6) is 5.75 Å². The van der Waals surface area contributed by atoms with Gasteiger partial charge in [0.1, 0.15) is 5.75 Å². The Kier molecular flexibility index (Phi) is 5.53. The predicted molar refractivity (Wildman–Crippen MR) is 84.9 cm³/mol. The molecule has 21 heavy (non-hydrogen) atoms. The summed E-state index contributed by atoms with van der Waals surface area (Å²) in [6.07, 6.45) is 1.64. The molecule has 4 heteroatoms. The van der Waals surface area contributed by atoms with Gasteiger partial charge in [0, 0.05) is 23.3 Å². The molecule has 0 atom stereocenters. The van der Waals surface area contributed by atoms with Crippen LogP contribution in [-0.2, 0) is 15.3 Å². The predicted octanol–water partition coefficient (Wildman–Crippen LogP) is 4.33. The van der Waals surface area contributed by atoms with Gasteiger partial charge in [-0.05, 0) is 30.7 Å². The molecule has 0 unspecified atom stereocenters. The van der Waals surface area contributed by atoms with Crippen molar-refractivity contribution in [2.45, 2.75) is 39.4 Å². The highest BCUT2D eigenvalue weighted by Gasteiger charge is 2.41. The summed E-state index contributed by atoms with van der Waals surface area (Å²) in [6, 6.07) is 7.95. The summed E-state index contributed by atoms with van der Waals surface area (Å²) < 4.78 is 17.8. The lowest BCUT2D eigenvalue weighted by molar-refractivity contribution is -0.308. The second kappa shape index (κ2) is 6.99. The first kappa shape index (κ1) is 16.6. The third-order valence-corrected chi connectivity index (χ3v) is 3.77. The molecule has 1 aromatic carbocycles. The van der Waals surface area contributed by atoms with Gasteiger partial charge in [-0.15, -0.1) is 11.6 Å². The highest BCUT2D eigenvalue weighted by atomic mass is 35.5. The molecular formula is C17H25ClO3. The van der Waals surface area contributed by atoms with Crippen LogP contribution in [0.3, 0.4) is 0 Å². The van der Waals surface area contributed by atoms with Crippen molar-refractivity contribution in [3.05, 3.63) is 29.8 Å². The number of benzene rings is 1. The van der Waals surface area contributed by atoms with Crippen molar-refractivity contribution < 1.29 is 14.2 Å². The van der Waals surface area contributed by atoms with Crippen molar-refractivity contribution in [1.29, 1.82) is 0 Å². The standard InChI is InChI=1S/C17H25ClO3/c1-4-11-19-15-7-5-14(6-8-15)17(9-10-18)20-12-16(2,3)13-21-17/h5-8H,4,9-13H2,1-3H3.